The molecule has 0 spiro atoms. The van der Waals surface area contributed by atoms with Gasteiger partial charge in [-0.25, -0.2) is 9.07 Å². The second-order valence-corrected chi connectivity index (χ2v) is 5.72. The van der Waals surface area contributed by atoms with Crippen molar-refractivity contribution in [3.05, 3.63) is 66.2 Å². The number of nitrogens with one attached hydrogen (secondary N) is 2. The van der Waals surface area contributed by atoms with Crippen molar-refractivity contribution in [3.8, 4) is 5.69 Å². The van der Waals surface area contributed by atoms with E-state index in [-0.39, 0.29) is 18.2 Å². The van der Waals surface area contributed by atoms with Crippen molar-refractivity contribution in [2.75, 3.05) is 11.9 Å². The lowest BCUT2D eigenvalue weighted by Crippen LogP contribution is -2.25. The topological polar surface area (TPSA) is 102 Å². The third-order valence-electron chi connectivity index (χ3n) is 3.72. The molecule has 8 nitrogen and oxygen atoms in total. The zero-order valence-corrected chi connectivity index (χ0v) is 14.3. The van der Waals surface area contributed by atoms with Gasteiger partial charge in [0.25, 0.3) is 5.91 Å². The standard InChI is InChI=1S/C18H17FN6O2/c19-14-8-6-13(7-9-14)18(27)20-10-2-5-17(26)22-15-3-1-4-16(11-15)25-12-21-23-24-25/h1,3-4,6-9,11-12H,2,5,10H2,(H,20,27)(H,22,26). The predicted molar refractivity (Wildman–Crippen MR) is 95.8 cm³/mol. The van der Waals surface area contributed by atoms with E-state index in [0.29, 0.717) is 24.2 Å². The van der Waals surface area contributed by atoms with Crippen LogP contribution in [0.25, 0.3) is 5.69 Å². The molecule has 27 heavy (non-hydrogen) atoms. The van der Waals surface area contributed by atoms with Gasteiger partial charge < -0.3 is 10.6 Å². The van der Waals surface area contributed by atoms with Gasteiger partial charge in [0.05, 0.1) is 5.69 Å². The van der Waals surface area contributed by atoms with Gasteiger partial charge in [-0.2, -0.15) is 0 Å². The molecule has 1 aromatic heterocycles. The summed E-state index contributed by atoms with van der Waals surface area (Å²) in [6.45, 7) is 0.342. The lowest BCUT2D eigenvalue weighted by atomic mass is 10.2. The van der Waals surface area contributed by atoms with Gasteiger partial charge in [-0.3, -0.25) is 9.59 Å². The number of amides is 2. The Kier molecular flexibility index (Phi) is 5.83. The van der Waals surface area contributed by atoms with Crippen LogP contribution >= 0.6 is 0 Å². The van der Waals surface area contributed by atoms with E-state index in [1.165, 1.54) is 35.3 Å². The molecule has 0 unspecified atom stereocenters. The van der Waals surface area contributed by atoms with E-state index in [2.05, 4.69) is 26.2 Å². The number of nitrogens with zero attached hydrogens (tertiary/aromatic N) is 4. The summed E-state index contributed by atoms with van der Waals surface area (Å²) >= 11 is 0. The van der Waals surface area contributed by atoms with Crippen LogP contribution in [0.15, 0.2) is 54.9 Å². The van der Waals surface area contributed by atoms with Gasteiger partial charge in [0.2, 0.25) is 5.91 Å². The lowest BCUT2D eigenvalue weighted by Gasteiger charge is -2.08. The first-order valence-electron chi connectivity index (χ1n) is 8.29. The van der Waals surface area contributed by atoms with Crippen molar-refractivity contribution >= 4 is 17.5 Å². The number of carbonyl (C=O) groups is 2. The van der Waals surface area contributed by atoms with E-state index in [9.17, 15) is 14.0 Å². The summed E-state index contributed by atoms with van der Waals surface area (Å²) in [7, 11) is 0. The minimum Gasteiger partial charge on any atom is -0.352 e. The Morgan fingerprint density at radius 2 is 1.93 bits per heavy atom. The molecule has 0 aliphatic carbocycles. The van der Waals surface area contributed by atoms with Gasteiger partial charge in [-0.1, -0.05) is 6.07 Å². The molecule has 0 bridgehead atoms. The molecular weight excluding hydrogens is 351 g/mol. The average molecular weight is 368 g/mol. The summed E-state index contributed by atoms with van der Waals surface area (Å²) in [5.74, 6) is -0.864. The van der Waals surface area contributed by atoms with E-state index in [1.54, 1.807) is 18.2 Å². The fraction of sp³-hybridized carbons (Fsp3) is 0.167. The summed E-state index contributed by atoms with van der Waals surface area (Å²) in [6.07, 6.45) is 2.19. The molecule has 3 aromatic rings. The Hall–Kier alpha value is -3.62. The number of hydrogen-bond acceptors (Lipinski definition) is 5. The number of hydrogen-bond donors (Lipinski definition) is 2. The van der Waals surface area contributed by atoms with Crippen LogP contribution in [-0.4, -0.2) is 38.6 Å². The Balaban J connectivity index is 1.43. The molecule has 2 amide bonds. The highest BCUT2D eigenvalue weighted by Crippen LogP contribution is 2.13. The van der Waals surface area contributed by atoms with Gasteiger partial charge in [-0.15, -0.1) is 5.10 Å². The van der Waals surface area contributed by atoms with E-state index in [1.807, 2.05) is 6.07 Å². The molecule has 2 aromatic carbocycles. The fourth-order valence-corrected chi connectivity index (χ4v) is 2.38. The molecule has 3 rings (SSSR count). The van der Waals surface area contributed by atoms with Crippen LogP contribution in [-0.2, 0) is 4.79 Å². The van der Waals surface area contributed by atoms with Crippen molar-refractivity contribution in [2.45, 2.75) is 12.8 Å². The van der Waals surface area contributed by atoms with Gasteiger partial charge in [0, 0.05) is 24.2 Å². The van der Waals surface area contributed by atoms with Crippen LogP contribution in [0.3, 0.4) is 0 Å². The van der Waals surface area contributed by atoms with Crippen molar-refractivity contribution in [1.29, 1.82) is 0 Å². The van der Waals surface area contributed by atoms with Crippen LogP contribution in [0.5, 0.6) is 0 Å². The maximum Gasteiger partial charge on any atom is 0.251 e. The van der Waals surface area contributed by atoms with Gasteiger partial charge >= 0.3 is 0 Å². The van der Waals surface area contributed by atoms with Crippen molar-refractivity contribution in [2.24, 2.45) is 0 Å². The second kappa shape index (κ2) is 8.65. The number of anilines is 1. The molecule has 1 heterocycles. The molecule has 0 saturated carbocycles. The normalized spacial score (nSPS) is 10.4. The second-order valence-electron chi connectivity index (χ2n) is 5.72. The first-order valence-corrected chi connectivity index (χ1v) is 8.29. The smallest absolute Gasteiger partial charge is 0.251 e. The highest BCUT2D eigenvalue weighted by Gasteiger charge is 2.07. The van der Waals surface area contributed by atoms with Crippen LogP contribution in [0, 0.1) is 5.82 Å². The average Bonchev–Trinajstić information content (AvgIpc) is 3.21. The number of aromatic nitrogens is 4. The lowest BCUT2D eigenvalue weighted by molar-refractivity contribution is -0.116. The van der Waals surface area contributed by atoms with Gasteiger partial charge in [0.1, 0.15) is 12.1 Å². The van der Waals surface area contributed by atoms with E-state index < -0.39 is 5.82 Å². The minimum atomic E-state index is -0.396. The van der Waals surface area contributed by atoms with Crippen LogP contribution < -0.4 is 10.6 Å². The highest BCUT2D eigenvalue weighted by atomic mass is 19.1. The molecule has 2 N–H and O–H groups in total. The van der Waals surface area contributed by atoms with Crippen molar-refractivity contribution < 1.29 is 14.0 Å². The molecule has 0 saturated heterocycles. The predicted octanol–water partition coefficient (Wildman–Crippen LogP) is 1.95. The Morgan fingerprint density at radius 3 is 2.67 bits per heavy atom. The molecule has 0 aliphatic heterocycles. The number of halogens is 1. The Labute approximate surface area is 154 Å². The molecule has 0 radical (unpaired) electrons. The van der Waals surface area contributed by atoms with Crippen LogP contribution in [0.2, 0.25) is 0 Å². The summed E-state index contributed by atoms with van der Waals surface area (Å²) in [5.41, 5.74) is 1.73. The summed E-state index contributed by atoms with van der Waals surface area (Å²) in [6, 6.07) is 12.4. The largest absolute Gasteiger partial charge is 0.352 e. The maximum atomic E-state index is 12.8. The van der Waals surface area contributed by atoms with Crippen LogP contribution in [0.4, 0.5) is 10.1 Å². The zero-order chi connectivity index (χ0) is 19.1. The Morgan fingerprint density at radius 1 is 1.11 bits per heavy atom. The number of carbonyl (C=O) groups excluding carboxylic acids is 2. The summed E-state index contributed by atoms with van der Waals surface area (Å²) < 4.78 is 14.3. The number of benzene rings is 2. The molecule has 138 valence electrons. The summed E-state index contributed by atoms with van der Waals surface area (Å²) in [4.78, 5) is 23.9. The molecule has 0 fully saturated rings. The minimum absolute atomic E-state index is 0.167. The number of tetrazole rings is 1. The van der Waals surface area contributed by atoms with Crippen molar-refractivity contribution in [3.63, 3.8) is 0 Å². The third kappa shape index (κ3) is 5.18. The van der Waals surface area contributed by atoms with Gasteiger partial charge in [-0.05, 0) is 59.3 Å². The first kappa shape index (κ1) is 18.2. The van der Waals surface area contributed by atoms with Crippen molar-refractivity contribution in [1.82, 2.24) is 25.5 Å². The monoisotopic (exact) mass is 368 g/mol. The SMILES string of the molecule is O=C(CCCNC(=O)c1ccc(F)cc1)Nc1cccc(-n2cnnn2)c1. The zero-order valence-electron chi connectivity index (χ0n) is 14.3. The maximum absolute atomic E-state index is 12.8. The van der Waals surface area contributed by atoms with E-state index in [0.717, 1.165) is 5.69 Å². The van der Waals surface area contributed by atoms with Gasteiger partial charge in [0.15, 0.2) is 0 Å². The quantitative estimate of drug-likeness (QED) is 0.621. The number of rotatable bonds is 7. The van der Waals surface area contributed by atoms with Crippen LogP contribution in [0.1, 0.15) is 23.2 Å². The Bertz CT molecular complexity index is 912. The third-order valence-corrected chi connectivity index (χ3v) is 3.72. The highest BCUT2D eigenvalue weighted by molar-refractivity contribution is 5.94. The van der Waals surface area contributed by atoms with E-state index in [4.69, 9.17) is 0 Å². The fourth-order valence-electron chi connectivity index (χ4n) is 2.38. The summed E-state index contributed by atoms with van der Waals surface area (Å²) in [5, 5.41) is 16.4. The molecule has 0 aliphatic rings. The molecule has 9 heteroatoms. The first-order chi connectivity index (χ1) is 13.1. The molecule has 0 atom stereocenters. The van der Waals surface area contributed by atoms with E-state index >= 15 is 0 Å². The molecular formula is C18H17FN6O2.